The van der Waals surface area contributed by atoms with Crippen molar-refractivity contribution in [3.05, 3.63) is 64.0 Å². The highest BCUT2D eigenvalue weighted by molar-refractivity contribution is 7.07. The summed E-state index contributed by atoms with van der Waals surface area (Å²) >= 11 is 1.50. The van der Waals surface area contributed by atoms with Crippen LogP contribution < -0.4 is 14.3 Å². The number of hydrogen-bond donors (Lipinski definition) is 0. The standard InChI is InChI=1S/C22H24FN3O2S/c1-14(2)24-22-26(20(13-29-22)16-6-8-17(23)9-7-16)25-15(3)19-11-10-18(27-4)12-21(19)28-5/h6-14H,1-5H3. The molecule has 0 aliphatic rings. The van der Waals surface area contributed by atoms with E-state index in [0.29, 0.717) is 11.5 Å². The number of ether oxygens (including phenoxy) is 2. The van der Waals surface area contributed by atoms with E-state index < -0.39 is 0 Å². The lowest BCUT2D eigenvalue weighted by Gasteiger charge is -2.11. The maximum absolute atomic E-state index is 13.4. The zero-order chi connectivity index (χ0) is 21.0. The molecule has 2 aromatic carbocycles. The van der Waals surface area contributed by atoms with Gasteiger partial charge < -0.3 is 9.47 Å². The number of aromatic nitrogens is 1. The summed E-state index contributed by atoms with van der Waals surface area (Å²) in [6.45, 7) is 5.96. The highest BCUT2D eigenvalue weighted by atomic mass is 32.1. The van der Waals surface area contributed by atoms with Gasteiger partial charge in [0.05, 0.1) is 25.6 Å². The molecule has 1 heterocycles. The topological polar surface area (TPSA) is 48.1 Å². The van der Waals surface area contributed by atoms with Crippen molar-refractivity contribution in [2.24, 2.45) is 10.1 Å². The summed E-state index contributed by atoms with van der Waals surface area (Å²) < 4.78 is 26.0. The first-order valence-corrected chi connectivity index (χ1v) is 10.1. The van der Waals surface area contributed by atoms with E-state index in [4.69, 9.17) is 14.6 Å². The predicted molar refractivity (Wildman–Crippen MR) is 116 cm³/mol. The average Bonchev–Trinajstić information content (AvgIpc) is 3.09. The first-order valence-electron chi connectivity index (χ1n) is 9.21. The van der Waals surface area contributed by atoms with Crippen molar-refractivity contribution < 1.29 is 13.9 Å². The van der Waals surface area contributed by atoms with Crippen molar-refractivity contribution in [3.8, 4) is 22.8 Å². The highest BCUT2D eigenvalue weighted by Crippen LogP contribution is 2.26. The molecule has 0 amide bonds. The quantitative estimate of drug-likeness (QED) is 0.537. The second-order valence-electron chi connectivity index (χ2n) is 6.70. The van der Waals surface area contributed by atoms with Crippen LogP contribution >= 0.6 is 11.3 Å². The highest BCUT2D eigenvalue weighted by Gasteiger charge is 2.12. The minimum absolute atomic E-state index is 0.118. The SMILES string of the molecule is COc1ccc(C(C)=Nn2c(-c3ccc(F)cc3)csc2=NC(C)C)c(OC)c1. The number of thiazole rings is 1. The van der Waals surface area contributed by atoms with E-state index in [0.717, 1.165) is 27.3 Å². The van der Waals surface area contributed by atoms with E-state index in [-0.39, 0.29) is 11.9 Å². The number of rotatable bonds is 6. The van der Waals surface area contributed by atoms with Gasteiger partial charge in [0, 0.05) is 28.6 Å². The van der Waals surface area contributed by atoms with Crippen molar-refractivity contribution in [1.29, 1.82) is 0 Å². The molecule has 0 bridgehead atoms. The molecule has 152 valence electrons. The summed E-state index contributed by atoms with van der Waals surface area (Å²) in [6, 6.07) is 12.1. The van der Waals surface area contributed by atoms with Crippen molar-refractivity contribution in [3.63, 3.8) is 0 Å². The maximum atomic E-state index is 13.4. The third-order valence-electron chi connectivity index (χ3n) is 4.24. The first-order chi connectivity index (χ1) is 13.9. The molecule has 29 heavy (non-hydrogen) atoms. The van der Waals surface area contributed by atoms with E-state index in [2.05, 4.69) is 4.99 Å². The van der Waals surface area contributed by atoms with Crippen LogP contribution in [0.2, 0.25) is 0 Å². The van der Waals surface area contributed by atoms with E-state index in [1.165, 1.54) is 23.5 Å². The molecule has 0 spiro atoms. The molecule has 0 aliphatic carbocycles. The summed E-state index contributed by atoms with van der Waals surface area (Å²) in [4.78, 5) is 5.46. The van der Waals surface area contributed by atoms with Crippen LogP contribution in [0.1, 0.15) is 26.3 Å². The molecule has 7 heteroatoms. The Kier molecular flexibility index (Phi) is 6.49. The van der Waals surface area contributed by atoms with E-state index in [1.54, 1.807) is 31.0 Å². The lowest BCUT2D eigenvalue weighted by Crippen LogP contribution is -2.16. The van der Waals surface area contributed by atoms with Gasteiger partial charge in [-0.3, -0.25) is 4.99 Å². The van der Waals surface area contributed by atoms with Crippen molar-refractivity contribution in [2.75, 3.05) is 14.2 Å². The second kappa shape index (κ2) is 9.05. The van der Waals surface area contributed by atoms with Gasteiger partial charge in [-0.15, -0.1) is 11.3 Å². The third kappa shape index (κ3) is 4.74. The Morgan fingerprint density at radius 2 is 1.79 bits per heavy atom. The summed E-state index contributed by atoms with van der Waals surface area (Å²) in [5.74, 6) is 1.11. The first kappa shape index (κ1) is 20.8. The van der Waals surface area contributed by atoms with Crippen molar-refractivity contribution in [1.82, 2.24) is 4.68 Å². The number of nitrogens with zero attached hydrogens (tertiary/aromatic N) is 3. The van der Waals surface area contributed by atoms with Crippen LogP contribution in [0.4, 0.5) is 4.39 Å². The molecule has 3 aromatic rings. The van der Waals surface area contributed by atoms with Gasteiger partial charge in [-0.05, 0) is 57.2 Å². The molecule has 0 saturated carbocycles. The molecule has 0 saturated heterocycles. The van der Waals surface area contributed by atoms with Gasteiger partial charge in [-0.1, -0.05) is 0 Å². The van der Waals surface area contributed by atoms with Crippen LogP contribution in [0.3, 0.4) is 0 Å². The molecule has 1 aromatic heterocycles. The van der Waals surface area contributed by atoms with Crippen LogP contribution in [-0.2, 0) is 0 Å². The summed E-state index contributed by atoms with van der Waals surface area (Å²) in [6.07, 6.45) is 0. The fourth-order valence-electron chi connectivity index (χ4n) is 2.83. The number of benzene rings is 2. The van der Waals surface area contributed by atoms with Gasteiger partial charge in [0.25, 0.3) is 0 Å². The van der Waals surface area contributed by atoms with Crippen LogP contribution in [0.15, 0.2) is 57.9 Å². The minimum atomic E-state index is -0.273. The molecular formula is C22H24FN3O2S. The lowest BCUT2D eigenvalue weighted by atomic mass is 10.1. The van der Waals surface area contributed by atoms with Gasteiger partial charge in [0.2, 0.25) is 4.80 Å². The Balaban J connectivity index is 2.16. The van der Waals surface area contributed by atoms with Gasteiger partial charge in [0.15, 0.2) is 0 Å². The molecular weight excluding hydrogens is 389 g/mol. The lowest BCUT2D eigenvalue weighted by molar-refractivity contribution is 0.394. The van der Waals surface area contributed by atoms with E-state index in [9.17, 15) is 4.39 Å². The Hall–Kier alpha value is -2.93. The van der Waals surface area contributed by atoms with Gasteiger partial charge in [-0.2, -0.15) is 5.10 Å². The van der Waals surface area contributed by atoms with Crippen LogP contribution in [0.5, 0.6) is 11.5 Å². The van der Waals surface area contributed by atoms with Gasteiger partial charge in [-0.25, -0.2) is 9.07 Å². The molecule has 3 rings (SSSR count). The predicted octanol–water partition coefficient (Wildman–Crippen LogP) is 4.95. The zero-order valence-electron chi connectivity index (χ0n) is 17.1. The Morgan fingerprint density at radius 1 is 1.07 bits per heavy atom. The van der Waals surface area contributed by atoms with E-state index in [1.807, 2.05) is 44.4 Å². The summed E-state index contributed by atoms with van der Waals surface area (Å²) in [5, 5.41) is 6.82. The largest absolute Gasteiger partial charge is 0.497 e. The number of halogens is 1. The van der Waals surface area contributed by atoms with Crippen LogP contribution in [0, 0.1) is 5.82 Å². The monoisotopic (exact) mass is 413 g/mol. The van der Waals surface area contributed by atoms with Crippen LogP contribution in [-0.4, -0.2) is 30.6 Å². The third-order valence-corrected chi connectivity index (χ3v) is 5.07. The van der Waals surface area contributed by atoms with E-state index >= 15 is 0 Å². The Bertz CT molecular complexity index is 1080. The molecule has 5 nitrogen and oxygen atoms in total. The molecule has 0 N–H and O–H groups in total. The fraction of sp³-hybridized carbons (Fsp3) is 0.273. The molecule has 0 fully saturated rings. The summed E-state index contributed by atoms with van der Waals surface area (Å²) in [7, 11) is 3.23. The van der Waals surface area contributed by atoms with Gasteiger partial charge in [0.1, 0.15) is 17.3 Å². The second-order valence-corrected chi connectivity index (χ2v) is 7.53. The average molecular weight is 414 g/mol. The summed E-state index contributed by atoms with van der Waals surface area (Å²) in [5.41, 5.74) is 3.33. The number of methoxy groups -OCH3 is 2. The fourth-order valence-corrected chi connectivity index (χ4v) is 3.79. The molecule has 0 aliphatic heterocycles. The number of hydrogen-bond acceptors (Lipinski definition) is 5. The zero-order valence-corrected chi connectivity index (χ0v) is 18.0. The molecule has 0 radical (unpaired) electrons. The van der Waals surface area contributed by atoms with Gasteiger partial charge >= 0.3 is 0 Å². The van der Waals surface area contributed by atoms with Crippen molar-refractivity contribution >= 4 is 17.0 Å². The molecule has 0 unspecified atom stereocenters. The normalized spacial score (nSPS) is 12.5. The molecule has 0 atom stereocenters. The maximum Gasteiger partial charge on any atom is 0.206 e. The van der Waals surface area contributed by atoms with Crippen molar-refractivity contribution in [2.45, 2.75) is 26.8 Å². The Labute approximate surface area is 173 Å². The van der Waals surface area contributed by atoms with Crippen LogP contribution in [0.25, 0.3) is 11.3 Å². The minimum Gasteiger partial charge on any atom is -0.497 e. The smallest absolute Gasteiger partial charge is 0.206 e. The Morgan fingerprint density at radius 3 is 2.41 bits per heavy atom.